The van der Waals surface area contributed by atoms with Gasteiger partial charge in [0.05, 0.1) is 11.9 Å². The molecular weight excluding hydrogens is 212 g/mol. The molecule has 1 N–H and O–H groups in total. The van der Waals surface area contributed by atoms with Gasteiger partial charge in [-0.05, 0) is 6.42 Å². The first-order chi connectivity index (χ1) is 7.15. The quantitative estimate of drug-likeness (QED) is 0.778. The Labute approximate surface area is 94.8 Å². The lowest BCUT2D eigenvalue weighted by atomic mass is 10.3. The highest BCUT2D eigenvalue weighted by atomic mass is 32.2. The first-order valence-electron chi connectivity index (χ1n) is 5.30. The van der Waals surface area contributed by atoms with Crippen molar-refractivity contribution in [1.29, 1.82) is 0 Å². The Morgan fingerprint density at radius 2 is 2.27 bits per heavy atom. The fourth-order valence-electron chi connectivity index (χ4n) is 1.59. The van der Waals surface area contributed by atoms with E-state index in [-0.39, 0.29) is 18.4 Å². The number of rotatable bonds is 4. The molecule has 1 unspecified atom stereocenters. The van der Waals surface area contributed by atoms with Crippen molar-refractivity contribution in [3.63, 3.8) is 0 Å². The van der Waals surface area contributed by atoms with Crippen LogP contribution in [0.5, 0.6) is 0 Å². The second-order valence-electron chi connectivity index (χ2n) is 3.61. The van der Waals surface area contributed by atoms with Crippen LogP contribution in [0, 0.1) is 0 Å². The topological polar surface area (TPSA) is 49.4 Å². The Bertz CT molecular complexity index is 246. The molecule has 1 saturated heterocycles. The Kier molecular flexibility index (Phi) is 4.94. The van der Waals surface area contributed by atoms with Crippen LogP contribution in [0.15, 0.2) is 0 Å². The highest BCUT2D eigenvalue weighted by molar-refractivity contribution is 8.00. The van der Waals surface area contributed by atoms with Crippen molar-refractivity contribution in [3.05, 3.63) is 0 Å². The van der Waals surface area contributed by atoms with Gasteiger partial charge in [-0.2, -0.15) is 0 Å². The molecule has 1 aliphatic heterocycles. The summed E-state index contributed by atoms with van der Waals surface area (Å²) in [6.07, 6.45) is 2.12. The molecule has 0 spiro atoms. The summed E-state index contributed by atoms with van der Waals surface area (Å²) >= 11 is 1.83. The van der Waals surface area contributed by atoms with Gasteiger partial charge in [-0.1, -0.05) is 13.3 Å². The van der Waals surface area contributed by atoms with Gasteiger partial charge in [-0.25, -0.2) is 0 Å². The molecule has 0 aromatic rings. The van der Waals surface area contributed by atoms with E-state index in [0.29, 0.717) is 5.37 Å². The highest BCUT2D eigenvalue weighted by Gasteiger charge is 2.28. The molecule has 0 radical (unpaired) electrons. The van der Waals surface area contributed by atoms with E-state index in [4.69, 9.17) is 0 Å². The van der Waals surface area contributed by atoms with Gasteiger partial charge in [-0.3, -0.25) is 9.59 Å². The summed E-state index contributed by atoms with van der Waals surface area (Å²) in [6, 6.07) is 0. The van der Waals surface area contributed by atoms with Gasteiger partial charge in [0.1, 0.15) is 0 Å². The zero-order valence-corrected chi connectivity index (χ0v) is 10.1. The fourth-order valence-corrected chi connectivity index (χ4v) is 2.97. The van der Waals surface area contributed by atoms with Gasteiger partial charge < -0.3 is 10.2 Å². The number of hydrogen-bond donors (Lipinski definition) is 1. The zero-order valence-electron chi connectivity index (χ0n) is 9.28. The molecule has 0 aromatic carbocycles. The molecule has 1 rings (SSSR count). The van der Waals surface area contributed by atoms with Gasteiger partial charge >= 0.3 is 0 Å². The molecule has 15 heavy (non-hydrogen) atoms. The number of carbonyl (C=O) groups excluding carboxylic acids is 2. The summed E-state index contributed by atoms with van der Waals surface area (Å²) in [6.45, 7) is 4.49. The predicted octanol–water partition coefficient (Wildman–Crippen LogP) is 0.824. The fraction of sp³-hybridized carbons (Fsp3) is 0.800. The number of thioether (sulfide) groups is 1. The largest absolute Gasteiger partial charge is 0.347 e. The number of carbonyl (C=O) groups is 2. The lowest BCUT2D eigenvalue weighted by Crippen LogP contribution is -2.41. The Hall–Kier alpha value is -0.710. The van der Waals surface area contributed by atoms with E-state index in [1.54, 1.807) is 0 Å². The molecule has 1 aliphatic rings. The summed E-state index contributed by atoms with van der Waals surface area (Å²) in [4.78, 5) is 24.3. The van der Waals surface area contributed by atoms with E-state index in [1.807, 2.05) is 16.7 Å². The van der Waals surface area contributed by atoms with Crippen LogP contribution < -0.4 is 5.32 Å². The number of nitrogens with one attached hydrogen (secondary N) is 1. The minimum absolute atomic E-state index is 0.0358. The van der Waals surface area contributed by atoms with E-state index >= 15 is 0 Å². The van der Waals surface area contributed by atoms with Crippen LogP contribution in [0.2, 0.25) is 0 Å². The van der Waals surface area contributed by atoms with Crippen LogP contribution in [-0.4, -0.2) is 40.9 Å². The zero-order chi connectivity index (χ0) is 11.3. The molecule has 5 heteroatoms. The van der Waals surface area contributed by atoms with Crippen molar-refractivity contribution in [3.8, 4) is 0 Å². The van der Waals surface area contributed by atoms with Crippen molar-refractivity contribution in [2.45, 2.75) is 32.1 Å². The van der Waals surface area contributed by atoms with Crippen molar-refractivity contribution in [2.24, 2.45) is 0 Å². The second kappa shape index (κ2) is 6.00. The summed E-state index contributed by atoms with van der Waals surface area (Å²) < 4.78 is 0. The molecule has 4 nitrogen and oxygen atoms in total. The standard InChI is InChI=1S/C10H18N2O2S/c1-3-4-10-12(5-6-15-10)9(14)7-11-8(2)13/h10H,3-7H2,1-2H3,(H,11,13). The van der Waals surface area contributed by atoms with Crippen molar-refractivity contribution in [1.82, 2.24) is 10.2 Å². The first kappa shape index (κ1) is 12.4. The smallest absolute Gasteiger partial charge is 0.242 e. The normalized spacial score (nSPS) is 20.4. The second-order valence-corrected chi connectivity index (χ2v) is 4.90. The molecule has 0 aromatic heterocycles. The van der Waals surface area contributed by atoms with Crippen molar-refractivity contribution < 1.29 is 9.59 Å². The van der Waals surface area contributed by atoms with Crippen LogP contribution in [0.3, 0.4) is 0 Å². The molecular formula is C10H18N2O2S. The van der Waals surface area contributed by atoms with Crippen LogP contribution >= 0.6 is 11.8 Å². The van der Waals surface area contributed by atoms with Crippen LogP contribution in [0.1, 0.15) is 26.7 Å². The van der Waals surface area contributed by atoms with Crippen LogP contribution in [0.4, 0.5) is 0 Å². The summed E-state index contributed by atoms with van der Waals surface area (Å²) in [7, 11) is 0. The van der Waals surface area contributed by atoms with E-state index in [0.717, 1.165) is 25.1 Å². The van der Waals surface area contributed by atoms with Crippen LogP contribution in [0.25, 0.3) is 0 Å². The van der Waals surface area contributed by atoms with Crippen molar-refractivity contribution in [2.75, 3.05) is 18.8 Å². The van der Waals surface area contributed by atoms with Gasteiger partial charge in [0, 0.05) is 19.2 Å². The summed E-state index contributed by atoms with van der Waals surface area (Å²) in [5.74, 6) is 0.895. The number of nitrogens with zero attached hydrogens (tertiary/aromatic N) is 1. The molecule has 0 aliphatic carbocycles. The summed E-state index contributed by atoms with van der Waals surface area (Å²) in [5.41, 5.74) is 0. The third-order valence-electron chi connectivity index (χ3n) is 2.33. The minimum atomic E-state index is -0.151. The molecule has 0 saturated carbocycles. The lowest BCUT2D eigenvalue weighted by molar-refractivity contribution is -0.132. The molecule has 2 amide bonds. The highest BCUT2D eigenvalue weighted by Crippen LogP contribution is 2.27. The summed E-state index contributed by atoms with van der Waals surface area (Å²) in [5, 5.41) is 2.86. The Morgan fingerprint density at radius 3 is 2.87 bits per heavy atom. The minimum Gasteiger partial charge on any atom is -0.347 e. The van der Waals surface area contributed by atoms with Gasteiger partial charge in [0.25, 0.3) is 0 Å². The van der Waals surface area contributed by atoms with Crippen LogP contribution in [-0.2, 0) is 9.59 Å². The maximum atomic E-state index is 11.7. The molecule has 0 bridgehead atoms. The maximum Gasteiger partial charge on any atom is 0.242 e. The third-order valence-corrected chi connectivity index (χ3v) is 3.63. The number of amides is 2. The molecule has 1 atom stereocenters. The van der Waals surface area contributed by atoms with E-state index in [9.17, 15) is 9.59 Å². The number of hydrogen-bond acceptors (Lipinski definition) is 3. The molecule has 1 fully saturated rings. The lowest BCUT2D eigenvalue weighted by Gasteiger charge is -2.23. The van der Waals surface area contributed by atoms with Gasteiger partial charge in [0.15, 0.2) is 0 Å². The average molecular weight is 230 g/mol. The van der Waals surface area contributed by atoms with E-state index in [1.165, 1.54) is 6.92 Å². The Balaban J connectivity index is 2.40. The molecule has 86 valence electrons. The van der Waals surface area contributed by atoms with E-state index in [2.05, 4.69) is 12.2 Å². The third kappa shape index (κ3) is 3.74. The first-order valence-corrected chi connectivity index (χ1v) is 6.35. The van der Waals surface area contributed by atoms with Gasteiger partial charge in [0.2, 0.25) is 11.8 Å². The maximum absolute atomic E-state index is 11.7. The SMILES string of the molecule is CCCC1SCCN1C(=O)CNC(C)=O. The average Bonchev–Trinajstić information content (AvgIpc) is 2.63. The van der Waals surface area contributed by atoms with Gasteiger partial charge in [-0.15, -0.1) is 11.8 Å². The van der Waals surface area contributed by atoms with Crippen molar-refractivity contribution >= 4 is 23.6 Å². The Morgan fingerprint density at radius 1 is 1.53 bits per heavy atom. The van der Waals surface area contributed by atoms with E-state index < -0.39 is 0 Å². The monoisotopic (exact) mass is 230 g/mol. The molecule has 1 heterocycles. The predicted molar refractivity (Wildman–Crippen MR) is 61.6 cm³/mol.